The number of amides is 1. The van der Waals surface area contributed by atoms with Crippen LogP contribution in [0.2, 0.25) is 0 Å². The molecule has 1 atom stereocenters. The van der Waals surface area contributed by atoms with Gasteiger partial charge < -0.3 is 19.1 Å². The fraction of sp³-hybridized carbons (Fsp3) is 0.368. The molecule has 0 saturated heterocycles. The number of rotatable bonds is 4. The number of benzene rings is 1. The highest BCUT2D eigenvalue weighted by Crippen LogP contribution is 2.32. The van der Waals surface area contributed by atoms with Gasteiger partial charge in [0.05, 0.1) is 18.8 Å². The van der Waals surface area contributed by atoms with Crippen LogP contribution in [0, 0.1) is 0 Å². The van der Waals surface area contributed by atoms with Crippen LogP contribution in [0.25, 0.3) is 0 Å². The molecule has 1 aliphatic rings. The van der Waals surface area contributed by atoms with E-state index in [0.29, 0.717) is 12.1 Å². The molecule has 132 valence electrons. The van der Waals surface area contributed by atoms with Crippen molar-refractivity contribution >= 4 is 11.6 Å². The van der Waals surface area contributed by atoms with Gasteiger partial charge in [-0.1, -0.05) is 12.1 Å². The third-order valence-electron chi connectivity index (χ3n) is 4.48. The number of aryl methyl sites for hydroxylation is 1. The fourth-order valence-corrected chi connectivity index (χ4v) is 3.06. The van der Waals surface area contributed by atoms with Gasteiger partial charge in [0.25, 0.3) is 11.5 Å². The fourth-order valence-electron chi connectivity index (χ4n) is 3.06. The zero-order valence-electron chi connectivity index (χ0n) is 14.8. The summed E-state index contributed by atoms with van der Waals surface area (Å²) in [6.45, 7) is 4.16. The second-order valence-electron chi connectivity index (χ2n) is 6.30. The van der Waals surface area contributed by atoms with E-state index in [9.17, 15) is 9.59 Å². The van der Waals surface area contributed by atoms with Crippen LogP contribution in [0.15, 0.2) is 47.4 Å². The van der Waals surface area contributed by atoms with E-state index < -0.39 is 0 Å². The summed E-state index contributed by atoms with van der Waals surface area (Å²) in [5.74, 6) is 0.665. The Morgan fingerprint density at radius 3 is 2.80 bits per heavy atom. The Morgan fingerprint density at radius 2 is 2.08 bits per heavy atom. The van der Waals surface area contributed by atoms with E-state index in [1.807, 2.05) is 24.3 Å². The molecule has 0 bridgehead atoms. The summed E-state index contributed by atoms with van der Waals surface area (Å²) < 4.78 is 7.50. The molecule has 0 radical (unpaired) electrons. The van der Waals surface area contributed by atoms with Crippen molar-refractivity contribution in [1.29, 1.82) is 0 Å². The van der Waals surface area contributed by atoms with E-state index in [2.05, 4.69) is 11.8 Å². The summed E-state index contributed by atoms with van der Waals surface area (Å²) in [5, 5.41) is 0. The van der Waals surface area contributed by atoms with Crippen LogP contribution in [-0.4, -0.2) is 48.2 Å². The summed E-state index contributed by atoms with van der Waals surface area (Å²) in [5.41, 5.74) is 1.29. The zero-order valence-corrected chi connectivity index (χ0v) is 14.8. The molecule has 6 heteroatoms. The number of likely N-dealkylation sites (N-methyl/N-ethyl adjacent to an activating group) is 2. The van der Waals surface area contributed by atoms with E-state index in [-0.39, 0.29) is 17.6 Å². The van der Waals surface area contributed by atoms with Gasteiger partial charge in [-0.05, 0) is 25.1 Å². The highest BCUT2D eigenvalue weighted by molar-refractivity contribution is 5.93. The number of ether oxygens (including phenoxy) is 1. The quantitative estimate of drug-likeness (QED) is 0.850. The van der Waals surface area contributed by atoms with Crippen molar-refractivity contribution in [2.45, 2.75) is 13.0 Å². The normalized spacial score (nSPS) is 16.1. The molecule has 0 aliphatic carbocycles. The summed E-state index contributed by atoms with van der Waals surface area (Å²) in [7, 11) is 3.40. The van der Waals surface area contributed by atoms with Gasteiger partial charge in [-0.15, -0.1) is 0 Å². The number of carbonyl (C=O) groups excluding carboxylic acids is 1. The van der Waals surface area contributed by atoms with Gasteiger partial charge in [0.1, 0.15) is 11.9 Å². The largest absolute Gasteiger partial charge is 0.485 e. The van der Waals surface area contributed by atoms with E-state index in [1.165, 1.54) is 10.6 Å². The highest BCUT2D eigenvalue weighted by Gasteiger charge is 2.27. The SMILES string of the molecule is CCN1CC(CN(C)C(=O)c2ccn(C)c(=O)c2)Oc2ccccc21. The zero-order chi connectivity index (χ0) is 18.0. The van der Waals surface area contributed by atoms with Crippen molar-refractivity contribution in [3.05, 3.63) is 58.5 Å². The predicted octanol–water partition coefficient (Wildman–Crippen LogP) is 1.74. The lowest BCUT2D eigenvalue weighted by molar-refractivity contribution is 0.0709. The van der Waals surface area contributed by atoms with Crippen LogP contribution in [-0.2, 0) is 7.05 Å². The first-order valence-electron chi connectivity index (χ1n) is 8.42. The first-order chi connectivity index (χ1) is 12.0. The Bertz CT molecular complexity index is 831. The van der Waals surface area contributed by atoms with Crippen molar-refractivity contribution in [1.82, 2.24) is 9.47 Å². The third kappa shape index (κ3) is 3.52. The van der Waals surface area contributed by atoms with E-state index in [4.69, 9.17) is 4.74 Å². The molecule has 6 nitrogen and oxygen atoms in total. The molecule has 0 spiro atoms. The lowest BCUT2D eigenvalue weighted by atomic mass is 10.1. The van der Waals surface area contributed by atoms with E-state index in [1.54, 1.807) is 31.3 Å². The van der Waals surface area contributed by atoms with Gasteiger partial charge in [-0.25, -0.2) is 0 Å². The van der Waals surface area contributed by atoms with Crippen molar-refractivity contribution < 1.29 is 9.53 Å². The smallest absolute Gasteiger partial charge is 0.253 e. The average molecular weight is 341 g/mol. The Balaban J connectivity index is 1.72. The lowest BCUT2D eigenvalue weighted by Crippen LogP contribution is -2.47. The number of fused-ring (bicyclic) bond motifs is 1. The minimum Gasteiger partial charge on any atom is -0.485 e. The van der Waals surface area contributed by atoms with Gasteiger partial charge in [-0.3, -0.25) is 9.59 Å². The van der Waals surface area contributed by atoms with Gasteiger partial charge in [0, 0.05) is 38.5 Å². The number of hydrogen-bond donors (Lipinski definition) is 0. The second kappa shape index (κ2) is 7.01. The average Bonchev–Trinajstić information content (AvgIpc) is 2.62. The van der Waals surface area contributed by atoms with Gasteiger partial charge in [0.15, 0.2) is 0 Å². The van der Waals surface area contributed by atoms with Gasteiger partial charge in [-0.2, -0.15) is 0 Å². The van der Waals surface area contributed by atoms with Crippen LogP contribution < -0.4 is 15.2 Å². The van der Waals surface area contributed by atoms with Crippen molar-refractivity contribution in [3.8, 4) is 5.75 Å². The van der Waals surface area contributed by atoms with E-state index >= 15 is 0 Å². The van der Waals surface area contributed by atoms with Crippen LogP contribution in [0.1, 0.15) is 17.3 Å². The molecule has 3 rings (SSSR count). The first kappa shape index (κ1) is 17.1. The lowest BCUT2D eigenvalue weighted by Gasteiger charge is -2.37. The van der Waals surface area contributed by atoms with Crippen LogP contribution >= 0.6 is 0 Å². The molecular weight excluding hydrogens is 318 g/mol. The van der Waals surface area contributed by atoms with Gasteiger partial charge >= 0.3 is 0 Å². The second-order valence-corrected chi connectivity index (χ2v) is 6.30. The molecular formula is C19H23N3O3. The van der Waals surface area contributed by atoms with Crippen molar-refractivity contribution in [2.24, 2.45) is 7.05 Å². The minimum absolute atomic E-state index is 0.115. The molecule has 1 unspecified atom stereocenters. The number of aromatic nitrogens is 1. The summed E-state index contributed by atoms with van der Waals surface area (Å²) in [4.78, 5) is 28.2. The molecule has 0 N–H and O–H groups in total. The monoisotopic (exact) mass is 341 g/mol. The first-order valence-corrected chi connectivity index (χ1v) is 8.42. The molecule has 0 fully saturated rings. The number of nitrogens with zero attached hydrogens (tertiary/aromatic N) is 3. The topological polar surface area (TPSA) is 54.8 Å². The number of para-hydroxylation sites is 2. The maximum Gasteiger partial charge on any atom is 0.253 e. The molecule has 25 heavy (non-hydrogen) atoms. The Morgan fingerprint density at radius 1 is 1.32 bits per heavy atom. The van der Waals surface area contributed by atoms with Crippen LogP contribution in [0.5, 0.6) is 5.75 Å². The Kier molecular flexibility index (Phi) is 4.79. The molecule has 1 aliphatic heterocycles. The predicted molar refractivity (Wildman–Crippen MR) is 97.4 cm³/mol. The molecule has 1 aromatic carbocycles. The Hall–Kier alpha value is -2.76. The summed E-state index contributed by atoms with van der Waals surface area (Å²) in [6, 6.07) is 11.0. The molecule has 2 aromatic rings. The minimum atomic E-state index is -0.195. The van der Waals surface area contributed by atoms with E-state index in [0.717, 1.165) is 24.5 Å². The van der Waals surface area contributed by atoms with Crippen LogP contribution in [0.4, 0.5) is 5.69 Å². The standard InChI is InChI=1S/C19H23N3O3/c1-4-22-13-15(25-17-8-6-5-7-16(17)22)12-21(3)19(24)14-9-10-20(2)18(23)11-14/h5-11,15H,4,12-13H2,1-3H3. The number of pyridine rings is 1. The molecule has 2 heterocycles. The molecule has 1 amide bonds. The summed E-state index contributed by atoms with van der Waals surface area (Å²) in [6.07, 6.45) is 1.49. The Labute approximate surface area is 147 Å². The maximum atomic E-state index is 12.6. The van der Waals surface area contributed by atoms with Crippen molar-refractivity contribution in [3.63, 3.8) is 0 Å². The summed E-state index contributed by atoms with van der Waals surface area (Å²) >= 11 is 0. The molecule has 1 aromatic heterocycles. The molecule has 0 saturated carbocycles. The highest BCUT2D eigenvalue weighted by atomic mass is 16.5. The van der Waals surface area contributed by atoms with Crippen molar-refractivity contribution in [2.75, 3.05) is 31.6 Å². The maximum absolute atomic E-state index is 12.6. The van der Waals surface area contributed by atoms with Gasteiger partial charge in [0.2, 0.25) is 0 Å². The van der Waals surface area contributed by atoms with Crippen LogP contribution in [0.3, 0.4) is 0 Å². The number of hydrogen-bond acceptors (Lipinski definition) is 4. The number of carbonyl (C=O) groups is 1. The third-order valence-corrected chi connectivity index (χ3v) is 4.48. The number of anilines is 1.